The molecule has 1 aliphatic heterocycles. The first kappa shape index (κ1) is 20.2. The molecule has 27 heavy (non-hydrogen) atoms. The first-order valence-electron chi connectivity index (χ1n) is 9.22. The van der Waals surface area contributed by atoms with Crippen LogP contribution in [0.4, 0.5) is 5.82 Å². The number of aliphatic carboxylic acids is 1. The third-order valence-electron chi connectivity index (χ3n) is 5.02. The van der Waals surface area contributed by atoms with E-state index in [2.05, 4.69) is 29.6 Å². The van der Waals surface area contributed by atoms with Crippen molar-refractivity contribution in [3.63, 3.8) is 0 Å². The lowest BCUT2D eigenvalue weighted by Gasteiger charge is -2.34. The van der Waals surface area contributed by atoms with Crippen LogP contribution in [-0.2, 0) is 16.3 Å². The van der Waals surface area contributed by atoms with Crippen LogP contribution in [0.5, 0.6) is 0 Å². The molecule has 1 N–H and O–H groups in total. The van der Waals surface area contributed by atoms with Crippen LogP contribution < -0.4 is 4.90 Å². The number of anilines is 1. The Hall–Kier alpha value is -1.58. The van der Waals surface area contributed by atoms with Crippen LogP contribution in [0.15, 0.2) is 18.6 Å². The van der Waals surface area contributed by atoms with Crippen molar-refractivity contribution in [3.8, 4) is 0 Å². The summed E-state index contributed by atoms with van der Waals surface area (Å²) in [4.78, 5) is 21.8. The monoisotopic (exact) mass is 408 g/mol. The molecule has 7 nitrogen and oxygen atoms in total. The van der Waals surface area contributed by atoms with E-state index in [0.717, 1.165) is 30.1 Å². The molecule has 0 aliphatic carbocycles. The molecule has 148 valence electrons. The molecule has 1 atom stereocenters. The Morgan fingerprint density at radius 1 is 1.41 bits per heavy atom. The average Bonchev–Trinajstić information content (AvgIpc) is 3.22. The van der Waals surface area contributed by atoms with Crippen molar-refractivity contribution < 1.29 is 14.6 Å². The van der Waals surface area contributed by atoms with Crippen LogP contribution in [0.2, 0.25) is 25.7 Å². The van der Waals surface area contributed by atoms with Crippen molar-refractivity contribution in [1.82, 2.24) is 14.5 Å². The summed E-state index contributed by atoms with van der Waals surface area (Å²) in [6.07, 6.45) is 6.74. The van der Waals surface area contributed by atoms with E-state index < -0.39 is 18.9 Å². The number of carboxylic acid groups (broad SMARTS) is 1. The first-order chi connectivity index (χ1) is 12.8. The minimum atomic E-state index is -1.12. The third-order valence-corrected chi connectivity index (χ3v) is 8.00. The smallest absolute Gasteiger partial charge is 0.340 e. The zero-order chi connectivity index (χ0) is 19.7. The number of nitrogens with zero attached hydrogens (tertiary/aromatic N) is 4. The van der Waals surface area contributed by atoms with Gasteiger partial charge in [0.2, 0.25) is 0 Å². The van der Waals surface area contributed by atoms with E-state index in [1.165, 1.54) is 18.1 Å². The summed E-state index contributed by atoms with van der Waals surface area (Å²) in [5, 5.41) is 10.7. The van der Waals surface area contributed by atoms with Gasteiger partial charge in [-0.25, -0.2) is 14.8 Å². The van der Waals surface area contributed by atoms with E-state index in [-0.39, 0.29) is 0 Å². The van der Waals surface area contributed by atoms with Gasteiger partial charge in [0.15, 0.2) is 4.87 Å². The molecule has 0 spiro atoms. The van der Waals surface area contributed by atoms with Crippen LogP contribution in [0.1, 0.15) is 12.8 Å². The second-order valence-corrected chi connectivity index (χ2v) is 14.8. The van der Waals surface area contributed by atoms with E-state index >= 15 is 0 Å². The van der Waals surface area contributed by atoms with Crippen molar-refractivity contribution in [1.29, 1.82) is 0 Å². The number of carbonyl (C=O) groups is 1. The standard InChI is InChI=1S/C18H28N4O3SSi/c1-26-18(17(23)24)7-5-8-22(18)16-14-6-9-21(15(14)19-12-20-16)13-25-10-11-27(2,3)4/h6,9,12H,5,7-8,10-11,13H2,1-4H3,(H,23,24). The van der Waals surface area contributed by atoms with Gasteiger partial charge in [-0.1, -0.05) is 19.6 Å². The fourth-order valence-electron chi connectivity index (χ4n) is 3.44. The van der Waals surface area contributed by atoms with Gasteiger partial charge in [-0.15, -0.1) is 11.8 Å². The number of carboxylic acids is 1. The Morgan fingerprint density at radius 2 is 2.19 bits per heavy atom. The largest absolute Gasteiger partial charge is 0.479 e. The van der Waals surface area contributed by atoms with Crippen molar-refractivity contribution in [2.24, 2.45) is 0 Å². The number of thioether (sulfide) groups is 1. The summed E-state index contributed by atoms with van der Waals surface area (Å²) in [6.45, 7) is 8.86. The maximum absolute atomic E-state index is 12.0. The minimum absolute atomic E-state index is 0.442. The molecular formula is C18H28N4O3SSi. The summed E-state index contributed by atoms with van der Waals surface area (Å²) in [5.41, 5.74) is 0.778. The molecule has 0 bridgehead atoms. The molecule has 1 aliphatic rings. The summed E-state index contributed by atoms with van der Waals surface area (Å²) in [6, 6.07) is 3.08. The molecule has 2 aromatic rings. The quantitative estimate of drug-likeness (QED) is 0.529. The summed E-state index contributed by atoms with van der Waals surface area (Å²) in [5.74, 6) is -0.122. The van der Waals surface area contributed by atoms with Gasteiger partial charge < -0.3 is 19.3 Å². The molecule has 1 fully saturated rings. The Labute approximate surface area is 165 Å². The van der Waals surface area contributed by atoms with Gasteiger partial charge in [0.25, 0.3) is 0 Å². The molecule has 1 unspecified atom stereocenters. The number of fused-ring (bicyclic) bond motifs is 1. The fraction of sp³-hybridized carbons (Fsp3) is 0.611. The zero-order valence-corrected chi connectivity index (χ0v) is 18.3. The molecule has 0 amide bonds. The van der Waals surface area contributed by atoms with E-state index in [9.17, 15) is 9.90 Å². The lowest BCUT2D eigenvalue weighted by molar-refractivity contribution is -0.139. The van der Waals surface area contributed by atoms with E-state index in [0.29, 0.717) is 25.5 Å². The predicted molar refractivity (Wildman–Crippen MR) is 112 cm³/mol. The Morgan fingerprint density at radius 3 is 2.85 bits per heavy atom. The van der Waals surface area contributed by atoms with Crippen molar-refractivity contribution >= 4 is 42.7 Å². The van der Waals surface area contributed by atoms with Gasteiger partial charge in [-0.3, -0.25) is 0 Å². The van der Waals surface area contributed by atoms with Crippen molar-refractivity contribution in [3.05, 3.63) is 18.6 Å². The van der Waals surface area contributed by atoms with Crippen LogP contribution in [0, 0.1) is 0 Å². The van der Waals surface area contributed by atoms with Crippen LogP contribution in [-0.4, -0.2) is 58.0 Å². The van der Waals surface area contributed by atoms with E-state index in [1.807, 2.05) is 28.0 Å². The minimum Gasteiger partial charge on any atom is -0.479 e. The zero-order valence-electron chi connectivity index (χ0n) is 16.4. The number of ether oxygens (including phenoxy) is 1. The Bertz CT molecular complexity index is 823. The number of hydrogen-bond donors (Lipinski definition) is 1. The van der Waals surface area contributed by atoms with Crippen molar-refractivity contribution in [2.75, 3.05) is 24.3 Å². The first-order valence-corrected chi connectivity index (χ1v) is 14.2. The van der Waals surface area contributed by atoms with E-state index in [4.69, 9.17) is 4.74 Å². The molecule has 0 saturated carbocycles. The van der Waals surface area contributed by atoms with Gasteiger partial charge in [-0.05, 0) is 31.2 Å². The molecule has 2 aromatic heterocycles. The van der Waals surface area contributed by atoms with Crippen LogP contribution in [0.3, 0.4) is 0 Å². The average molecular weight is 409 g/mol. The lowest BCUT2D eigenvalue weighted by Crippen LogP contribution is -2.48. The van der Waals surface area contributed by atoms with Gasteiger partial charge in [-0.2, -0.15) is 0 Å². The summed E-state index contributed by atoms with van der Waals surface area (Å²) < 4.78 is 7.81. The molecule has 9 heteroatoms. The summed E-state index contributed by atoms with van der Waals surface area (Å²) in [7, 11) is -1.12. The molecule has 3 heterocycles. The van der Waals surface area contributed by atoms with Gasteiger partial charge in [0, 0.05) is 27.4 Å². The highest BCUT2D eigenvalue weighted by Crippen LogP contribution is 2.42. The normalized spacial score (nSPS) is 20.5. The maximum atomic E-state index is 12.0. The van der Waals surface area contributed by atoms with Gasteiger partial charge in [0.05, 0.1) is 5.39 Å². The fourth-order valence-corrected chi connectivity index (χ4v) is 5.12. The van der Waals surface area contributed by atoms with Crippen LogP contribution in [0.25, 0.3) is 11.0 Å². The number of aromatic nitrogens is 3. The second-order valence-electron chi connectivity index (χ2n) is 8.12. The molecule has 3 rings (SSSR count). The third kappa shape index (κ3) is 4.00. The maximum Gasteiger partial charge on any atom is 0.340 e. The highest BCUT2D eigenvalue weighted by Gasteiger charge is 2.48. The van der Waals surface area contributed by atoms with Crippen LogP contribution >= 0.6 is 11.8 Å². The highest BCUT2D eigenvalue weighted by atomic mass is 32.2. The molecule has 1 saturated heterocycles. The van der Waals surface area contributed by atoms with Gasteiger partial charge in [0.1, 0.15) is 24.5 Å². The highest BCUT2D eigenvalue weighted by molar-refractivity contribution is 8.00. The van der Waals surface area contributed by atoms with E-state index in [1.54, 1.807) is 0 Å². The van der Waals surface area contributed by atoms with Gasteiger partial charge >= 0.3 is 5.97 Å². The Kier molecular flexibility index (Phi) is 5.83. The number of hydrogen-bond acceptors (Lipinski definition) is 6. The topological polar surface area (TPSA) is 80.5 Å². The summed E-state index contributed by atoms with van der Waals surface area (Å²) >= 11 is 1.36. The molecule has 0 aromatic carbocycles. The number of rotatable bonds is 8. The predicted octanol–water partition coefficient (Wildman–Crippen LogP) is 3.49. The Balaban J connectivity index is 1.85. The SMILES string of the molecule is CSC1(C(=O)O)CCCN1c1ncnc2c1ccn2COCC[Si](C)(C)C. The lowest BCUT2D eigenvalue weighted by atomic mass is 10.2. The van der Waals surface area contributed by atoms with Crippen molar-refractivity contribution in [2.45, 2.75) is 50.1 Å². The molecule has 0 radical (unpaired) electrons. The second kappa shape index (κ2) is 7.81. The molecular weight excluding hydrogens is 380 g/mol.